The SMILES string of the molecule is C#CCn1/c(=N/S(=O)(=O)c2ccc(Cl)s2)sc2ccccc21. The van der Waals surface area contributed by atoms with Crippen LogP contribution in [0.1, 0.15) is 0 Å². The van der Waals surface area contributed by atoms with E-state index in [9.17, 15) is 8.42 Å². The van der Waals surface area contributed by atoms with E-state index in [1.54, 1.807) is 4.57 Å². The van der Waals surface area contributed by atoms with E-state index in [4.69, 9.17) is 18.0 Å². The molecule has 0 saturated heterocycles. The van der Waals surface area contributed by atoms with Gasteiger partial charge in [0.15, 0.2) is 0 Å². The summed E-state index contributed by atoms with van der Waals surface area (Å²) < 4.78 is 31.8. The van der Waals surface area contributed by atoms with E-state index < -0.39 is 10.0 Å². The first-order valence-corrected chi connectivity index (χ1v) is 9.54. The van der Waals surface area contributed by atoms with Gasteiger partial charge in [0.05, 0.1) is 21.1 Å². The minimum absolute atomic E-state index is 0.113. The number of sulfonamides is 1. The number of aromatic nitrogens is 1. The maximum Gasteiger partial charge on any atom is 0.294 e. The van der Waals surface area contributed by atoms with Crippen molar-refractivity contribution in [3.05, 3.63) is 45.5 Å². The summed E-state index contributed by atoms with van der Waals surface area (Å²) in [6.45, 7) is 0.254. The predicted molar refractivity (Wildman–Crippen MR) is 90.7 cm³/mol. The van der Waals surface area contributed by atoms with Crippen LogP contribution in [0.25, 0.3) is 10.2 Å². The maximum atomic E-state index is 12.4. The third-order valence-corrected chi connectivity index (χ3v) is 6.98. The van der Waals surface area contributed by atoms with Gasteiger partial charge in [0.1, 0.15) is 4.21 Å². The zero-order valence-electron chi connectivity index (χ0n) is 11.1. The molecular formula is C14H9ClN2O2S3. The van der Waals surface area contributed by atoms with Gasteiger partial charge in [-0.2, -0.15) is 8.42 Å². The van der Waals surface area contributed by atoms with Crippen molar-refractivity contribution in [2.75, 3.05) is 0 Å². The largest absolute Gasteiger partial charge is 0.304 e. The summed E-state index contributed by atoms with van der Waals surface area (Å²) in [4.78, 5) is 0.351. The van der Waals surface area contributed by atoms with Crippen LogP contribution in [-0.2, 0) is 16.6 Å². The predicted octanol–water partition coefficient (Wildman–Crippen LogP) is 3.34. The molecule has 4 nitrogen and oxygen atoms in total. The molecule has 0 bridgehead atoms. The molecule has 0 amide bonds. The standard InChI is InChI=1S/C14H9ClN2O2S3/c1-2-9-17-10-5-3-4-6-11(10)20-14(17)16-22(18,19)13-8-7-12(15)21-13/h1,3-8H,9H2/b16-14-. The molecule has 1 aromatic carbocycles. The number of benzene rings is 1. The molecule has 0 unspecified atom stereocenters. The van der Waals surface area contributed by atoms with Crippen LogP contribution in [0.4, 0.5) is 0 Å². The molecule has 0 aliphatic rings. The summed E-state index contributed by atoms with van der Waals surface area (Å²) in [5.74, 6) is 2.53. The number of rotatable bonds is 3. The number of thiazole rings is 1. The summed E-state index contributed by atoms with van der Waals surface area (Å²) in [6, 6.07) is 10.5. The van der Waals surface area contributed by atoms with Crippen molar-refractivity contribution in [3.8, 4) is 12.3 Å². The highest BCUT2D eigenvalue weighted by atomic mass is 35.5. The number of hydrogen-bond donors (Lipinski definition) is 0. The number of para-hydroxylation sites is 1. The Balaban J connectivity index is 2.25. The quantitative estimate of drug-likeness (QED) is 0.666. The van der Waals surface area contributed by atoms with Gasteiger partial charge in [0.2, 0.25) is 4.80 Å². The van der Waals surface area contributed by atoms with Crippen molar-refractivity contribution in [2.24, 2.45) is 4.40 Å². The minimum atomic E-state index is -3.80. The lowest BCUT2D eigenvalue weighted by Gasteiger charge is -1.99. The van der Waals surface area contributed by atoms with Crippen LogP contribution >= 0.6 is 34.3 Å². The molecule has 0 fully saturated rings. The average Bonchev–Trinajstić information content (AvgIpc) is 3.05. The second-order valence-corrected chi connectivity index (χ2v) is 8.82. The first-order chi connectivity index (χ1) is 10.5. The van der Waals surface area contributed by atoms with Crippen LogP contribution < -0.4 is 4.80 Å². The normalized spacial score (nSPS) is 12.6. The second-order valence-electron chi connectivity index (χ2n) is 4.27. The van der Waals surface area contributed by atoms with Crippen LogP contribution in [-0.4, -0.2) is 13.0 Å². The first-order valence-electron chi connectivity index (χ1n) is 6.09. The smallest absolute Gasteiger partial charge is 0.294 e. The molecule has 0 saturated carbocycles. The molecule has 112 valence electrons. The highest BCUT2D eigenvalue weighted by molar-refractivity contribution is 7.92. The number of hydrogen-bond acceptors (Lipinski definition) is 4. The number of nitrogens with zero attached hydrogens (tertiary/aromatic N) is 2. The molecule has 2 heterocycles. The van der Waals surface area contributed by atoms with E-state index in [0.29, 0.717) is 9.14 Å². The van der Waals surface area contributed by atoms with Gasteiger partial charge in [-0.05, 0) is 24.3 Å². The number of thiophene rings is 1. The molecule has 3 rings (SSSR count). The van der Waals surface area contributed by atoms with E-state index in [2.05, 4.69) is 10.3 Å². The molecule has 22 heavy (non-hydrogen) atoms. The summed E-state index contributed by atoms with van der Waals surface area (Å²) in [6.07, 6.45) is 5.39. The number of halogens is 1. The lowest BCUT2D eigenvalue weighted by Crippen LogP contribution is -2.16. The van der Waals surface area contributed by atoms with Crippen LogP contribution in [0.3, 0.4) is 0 Å². The molecule has 3 aromatic rings. The van der Waals surface area contributed by atoms with Gasteiger partial charge in [0, 0.05) is 0 Å². The zero-order chi connectivity index (χ0) is 15.7. The van der Waals surface area contributed by atoms with Crippen LogP contribution in [0.15, 0.2) is 45.0 Å². The Labute approximate surface area is 140 Å². The fourth-order valence-corrected chi connectivity index (χ4v) is 5.61. The summed E-state index contributed by atoms with van der Waals surface area (Å²) in [5.41, 5.74) is 0.864. The third kappa shape index (κ3) is 2.83. The molecule has 0 N–H and O–H groups in total. The van der Waals surface area contributed by atoms with Gasteiger partial charge in [0.25, 0.3) is 10.0 Å². The molecule has 0 aliphatic carbocycles. The third-order valence-electron chi connectivity index (χ3n) is 2.84. The Bertz CT molecular complexity index is 1050. The first kappa shape index (κ1) is 15.3. The molecule has 8 heteroatoms. The van der Waals surface area contributed by atoms with Gasteiger partial charge in [-0.1, -0.05) is 41.0 Å². The van der Waals surface area contributed by atoms with E-state index in [1.807, 2.05) is 24.3 Å². The maximum absolute atomic E-state index is 12.4. The molecule has 0 aliphatic heterocycles. The van der Waals surface area contributed by atoms with Gasteiger partial charge in [-0.3, -0.25) is 0 Å². The molecule has 0 atom stereocenters. The average molecular weight is 369 g/mol. The van der Waals surface area contributed by atoms with E-state index >= 15 is 0 Å². The fraction of sp³-hybridized carbons (Fsp3) is 0.0714. The van der Waals surface area contributed by atoms with Crippen LogP contribution in [0, 0.1) is 12.3 Å². The minimum Gasteiger partial charge on any atom is -0.304 e. The van der Waals surface area contributed by atoms with Gasteiger partial charge < -0.3 is 4.57 Å². The van der Waals surface area contributed by atoms with E-state index in [0.717, 1.165) is 21.6 Å². The van der Waals surface area contributed by atoms with Crippen molar-refractivity contribution in [2.45, 2.75) is 10.8 Å². The summed E-state index contributed by atoms with van der Waals surface area (Å²) >= 11 is 8.06. The van der Waals surface area contributed by atoms with Crippen molar-refractivity contribution in [1.82, 2.24) is 4.57 Å². The zero-order valence-corrected chi connectivity index (χ0v) is 14.3. The van der Waals surface area contributed by atoms with Crippen LogP contribution in [0.2, 0.25) is 4.34 Å². The van der Waals surface area contributed by atoms with Crippen molar-refractivity contribution in [3.63, 3.8) is 0 Å². The summed E-state index contributed by atoms with van der Waals surface area (Å²) in [7, 11) is -3.80. The van der Waals surface area contributed by atoms with Gasteiger partial charge >= 0.3 is 0 Å². The van der Waals surface area contributed by atoms with Crippen LogP contribution in [0.5, 0.6) is 0 Å². The van der Waals surface area contributed by atoms with Crippen molar-refractivity contribution >= 4 is 54.5 Å². The Morgan fingerprint density at radius 2 is 2.00 bits per heavy atom. The molecule has 0 spiro atoms. The van der Waals surface area contributed by atoms with Crippen molar-refractivity contribution in [1.29, 1.82) is 0 Å². The number of terminal acetylenes is 1. The Morgan fingerprint density at radius 1 is 1.23 bits per heavy atom. The highest BCUT2D eigenvalue weighted by Crippen LogP contribution is 2.27. The Kier molecular flexibility index (Phi) is 4.10. The Morgan fingerprint density at radius 3 is 2.68 bits per heavy atom. The Hall–Kier alpha value is -1.59. The molecule has 0 radical (unpaired) electrons. The number of fused-ring (bicyclic) bond motifs is 1. The van der Waals surface area contributed by atoms with E-state index in [-0.39, 0.29) is 10.8 Å². The highest BCUT2D eigenvalue weighted by Gasteiger charge is 2.16. The van der Waals surface area contributed by atoms with Crippen molar-refractivity contribution < 1.29 is 8.42 Å². The molecule has 2 aromatic heterocycles. The lowest BCUT2D eigenvalue weighted by molar-refractivity contribution is 0.598. The summed E-state index contributed by atoms with van der Waals surface area (Å²) in [5, 5.41) is 0. The van der Waals surface area contributed by atoms with Gasteiger partial charge in [-0.25, -0.2) is 0 Å². The monoisotopic (exact) mass is 368 g/mol. The van der Waals surface area contributed by atoms with Gasteiger partial charge in [-0.15, -0.1) is 22.2 Å². The lowest BCUT2D eigenvalue weighted by atomic mass is 10.3. The second kappa shape index (κ2) is 5.89. The van der Waals surface area contributed by atoms with E-state index in [1.165, 1.54) is 23.5 Å². The topological polar surface area (TPSA) is 51.4 Å². The molecular weight excluding hydrogens is 360 g/mol. The fourth-order valence-electron chi connectivity index (χ4n) is 1.92.